The van der Waals surface area contributed by atoms with E-state index in [0.29, 0.717) is 11.1 Å². The maximum absolute atomic E-state index is 11.9. The van der Waals surface area contributed by atoms with Crippen LogP contribution < -0.4 is 0 Å². The van der Waals surface area contributed by atoms with E-state index in [9.17, 15) is 9.59 Å². The number of carbonyl (C=O) groups excluding carboxylic acids is 2. The van der Waals surface area contributed by atoms with E-state index in [0.717, 1.165) is 5.56 Å². The minimum atomic E-state index is -0.379. The Morgan fingerprint density at radius 3 is 2.47 bits per heavy atom. The van der Waals surface area contributed by atoms with Gasteiger partial charge in [0.1, 0.15) is 6.10 Å². The summed E-state index contributed by atoms with van der Waals surface area (Å²) >= 11 is 0. The van der Waals surface area contributed by atoms with Crippen LogP contribution in [0.4, 0.5) is 0 Å². The number of benzene rings is 1. The Hall–Kier alpha value is -2.10. The quantitative estimate of drug-likeness (QED) is 0.767. The van der Waals surface area contributed by atoms with Gasteiger partial charge in [0, 0.05) is 5.57 Å². The molecule has 0 amide bonds. The molecule has 0 spiro atoms. The molecule has 100 valence electrons. The van der Waals surface area contributed by atoms with Crippen molar-refractivity contribution in [2.75, 3.05) is 7.11 Å². The molecule has 4 nitrogen and oxygen atoms in total. The molecular weight excluding hydrogens is 244 g/mol. The van der Waals surface area contributed by atoms with Crippen LogP contribution in [0.25, 0.3) is 0 Å². The number of ether oxygens (including phenoxy) is 2. The van der Waals surface area contributed by atoms with Crippen molar-refractivity contribution in [2.45, 2.75) is 20.0 Å². The van der Waals surface area contributed by atoms with Gasteiger partial charge in [0.15, 0.2) is 5.78 Å². The molecule has 19 heavy (non-hydrogen) atoms. The zero-order valence-corrected chi connectivity index (χ0v) is 11.2. The van der Waals surface area contributed by atoms with Gasteiger partial charge in [-0.05, 0) is 24.6 Å². The largest absolute Gasteiger partial charge is 0.492 e. The Morgan fingerprint density at radius 1 is 1.26 bits per heavy atom. The van der Waals surface area contributed by atoms with Crippen molar-refractivity contribution in [3.8, 4) is 0 Å². The third kappa shape index (κ3) is 2.52. The summed E-state index contributed by atoms with van der Waals surface area (Å²) in [5, 5.41) is 0. The smallest absolute Gasteiger partial charge is 0.337 e. The molecule has 2 atom stereocenters. The van der Waals surface area contributed by atoms with Gasteiger partial charge in [-0.25, -0.2) is 4.79 Å². The lowest BCUT2D eigenvalue weighted by Gasteiger charge is -2.27. The van der Waals surface area contributed by atoms with Gasteiger partial charge in [-0.3, -0.25) is 4.79 Å². The monoisotopic (exact) mass is 260 g/mol. The molecule has 1 aromatic carbocycles. The molecule has 0 saturated heterocycles. The third-order valence-electron chi connectivity index (χ3n) is 3.31. The van der Waals surface area contributed by atoms with Gasteiger partial charge in [0.2, 0.25) is 0 Å². The molecule has 0 saturated carbocycles. The molecule has 0 fully saturated rings. The summed E-state index contributed by atoms with van der Waals surface area (Å²) in [5.41, 5.74) is 1.99. The van der Waals surface area contributed by atoms with Gasteiger partial charge in [-0.15, -0.1) is 0 Å². The number of ketones is 1. The average molecular weight is 260 g/mol. The predicted molar refractivity (Wildman–Crippen MR) is 69.5 cm³/mol. The molecule has 0 aromatic heterocycles. The van der Waals surface area contributed by atoms with Crippen molar-refractivity contribution in [1.29, 1.82) is 0 Å². The summed E-state index contributed by atoms with van der Waals surface area (Å²) in [4.78, 5) is 23.3. The van der Waals surface area contributed by atoms with Crippen molar-refractivity contribution >= 4 is 11.8 Å². The van der Waals surface area contributed by atoms with Gasteiger partial charge in [0.25, 0.3) is 0 Å². The van der Waals surface area contributed by atoms with E-state index < -0.39 is 0 Å². The lowest BCUT2D eigenvalue weighted by atomic mass is 9.89. The Bertz CT molecular complexity index is 528. The van der Waals surface area contributed by atoms with E-state index in [1.807, 2.05) is 6.92 Å². The van der Waals surface area contributed by atoms with Crippen LogP contribution in [0.1, 0.15) is 35.9 Å². The van der Waals surface area contributed by atoms with Gasteiger partial charge >= 0.3 is 5.97 Å². The number of hydrogen-bond acceptors (Lipinski definition) is 4. The molecule has 2 rings (SSSR count). The third-order valence-corrected chi connectivity index (χ3v) is 3.31. The highest BCUT2D eigenvalue weighted by atomic mass is 16.5. The van der Waals surface area contributed by atoms with Gasteiger partial charge in [-0.1, -0.05) is 19.1 Å². The van der Waals surface area contributed by atoms with Crippen LogP contribution in [0.2, 0.25) is 0 Å². The van der Waals surface area contributed by atoms with E-state index in [4.69, 9.17) is 4.74 Å². The SMILES string of the molecule is COC(=O)c1ccc(C2OC=C(C)C(=O)C2C)cc1. The molecule has 1 aliphatic heterocycles. The highest BCUT2D eigenvalue weighted by Gasteiger charge is 2.31. The lowest BCUT2D eigenvalue weighted by molar-refractivity contribution is -0.124. The Balaban J connectivity index is 2.24. The first-order valence-corrected chi connectivity index (χ1v) is 6.09. The fraction of sp³-hybridized carbons (Fsp3) is 0.333. The lowest BCUT2D eigenvalue weighted by Crippen LogP contribution is -2.25. The molecule has 0 radical (unpaired) electrons. The molecule has 0 N–H and O–H groups in total. The summed E-state index contributed by atoms with van der Waals surface area (Å²) in [6, 6.07) is 6.92. The van der Waals surface area contributed by atoms with Crippen LogP contribution in [0, 0.1) is 5.92 Å². The molecule has 2 unspecified atom stereocenters. The summed E-state index contributed by atoms with van der Waals surface area (Å²) in [7, 11) is 1.34. The molecule has 0 bridgehead atoms. The van der Waals surface area contributed by atoms with Gasteiger partial charge < -0.3 is 9.47 Å². The number of allylic oxidation sites excluding steroid dienone is 1. The molecule has 4 heteroatoms. The van der Waals surface area contributed by atoms with Crippen molar-refractivity contribution in [2.24, 2.45) is 5.92 Å². The van der Waals surface area contributed by atoms with Crippen LogP contribution in [0.5, 0.6) is 0 Å². The molecule has 0 aliphatic carbocycles. The van der Waals surface area contributed by atoms with Crippen LogP contribution in [-0.4, -0.2) is 18.9 Å². The Labute approximate surface area is 112 Å². The van der Waals surface area contributed by atoms with Crippen LogP contribution in [0.3, 0.4) is 0 Å². The fourth-order valence-corrected chi connectivity index (χ4v) is 2.14. The number of Topliss-reactive ketones (excluding diaryl/α,β-unsaturated/α-hetero) is 1. The second-order valence-electron chi connectivity index (χ2n) is 4.62. The van der Waals surface area contributed by atoms with Crippen molar-refractivity contribution in [1.82, 2.24) is 0 Å². The van der Waals surface area contributed by atoms with Crippen molar-refractivity contribution in [3.63, 3.8) is 0 Å². The standard InChI is InChI=1S/C15H16O4/c1-9-8-19-14(10(2)13(9)16)11-4-6-12(7-5-11)15(17)18-3/h4-8,10,14H,1-3H3. The zero-order valence-electron chi connectivity index (χ0n) is 11.2. The van der Waals surface area contributed by atoms with Gasteiger partial charge in [-0.2, -0.15) is 0 Å². The maximum Gasteiger partial charge on any atom is 0.337 e. The molecule has 1 aromatic rings. The number of hydrogen-bond donors (Lipinski definition) is 0. The molecular formula is C15H16O4. The zero-order chi connectivity index (χ0) is 14.0. The number of methoxy groups -OCH3 is 1. The minimum Gasteiger partial charge on any atom is -0.492 e. The van der Waals surface area contributed by atoms with E-state index in [1.165, 1.54) is 13.4 Å². The van der Waals surface area contributed by atoms with E-state index in [1.54, 1.807) is 31.2 Å². The highest BCUT2D eigenvalue weighted by molar-refractivity contribution is 5.97. The minimum absolute atomic E-state index is 0.0910. The fourth-order valence-electron chi connectivity index (χ4n) is 2.14. The Kier molecular flexibility index (Phi) is 3.69. The number of rotatable bonds is 2. The summed E-state index contributed by atoms with van der Waals surface area (Å²) < 4.78 is 10.2. The first-order valence-electron chi connectivity index (χ1n) is 6.09. The molecule has 1 aliphatic rings. The normalized spacial score (nSPS) is 22.5. The van der Waals surface area contributed by atoms with E-state index in [2.05, 4.69) is 4.74 Å². The highest BCUT2D eigenvalue weighted by Crippen LogP contribution is 2.32. The average Bonchev–Trinajstić information content (AvgIpc) is 2.44. The van der Waals surface area contributed by atoms with Crippen LogP contribution >= 0.6 is 0 Å². The first-order chi connectivity index (χ1) is 9.04. The topological polar surface area (TPSA) is 52.6 Å². The van der Waals surface area contributed by atoms with E-state index >= 15 is 0 Å². The van der Waals surface area contributed by atoms with Crippen molar-refractivity contribution in [3.05, 3.63) is 47.2 Å². The molecule has 1 heterocycles. The van der Waals surface area contributed by atoms with E-state index in [-0.39, 0.29) is 23.8 Å². The second kappa shape index (κ2) is 5.26. The maximum atomic E-state index is 11.9. The van der Waals surface area contributed by atoms with Gasteiger partial charge in [0.05, 0.1) is 24.9 Å². The summed E-state index contributed by atoms with van der Waals surface area (Å²) in [6.07, 6.45) is 1.20. The summed E-state index contributed by atoms with van der Waals surface area (Å²) in [6.45, 7) is 3.59. The summed E-state index contributed by atoms with van der Waals surface area (Å²) in [5.74, 6) is -0.516. The first kappa shape index (κ1) is 13.3. The predicted octanol–water partition coefficient (Wildman–Crippen LogP) is 2.65. The number of esters is 1. The number of carbonyl (C=O) groups is 2. The second-order valence-corrected chi connectivity index (χ2v) is 4.62. The Morgan fingerprint density at radius 2 is 1.89 bits per heavy atom. The van der Waals surface area contributed by atoms with Crippen molar-refractivity contribution < 1.29 is 19.1 Å². The van der Waals surface area contributed by atoms with Crippen LogP contribution in [0.15, 0.2) is 36.1 Å². The van der Waals surface area contributed by atoms with Crippen LogP contribution in [-0.2, 0) is 14.3 Å².